The third kappa shape index (κ3) is 5.98. The molecule has 0 fully saturated rings. The molecule has 0 saturated carbocycles. The van der Waals surface area contributed by atoms with Crippen molar-refractivity contribution in [3.05, 3.63) is 54.1 Å². The molecule has 2 aromatic rings. The molecule has 1 amide bonds. The van der Waals surface area contributed by atoms with Crippen molar-refractivity contribution in [2.45, 2.75) is 17.1 Å². The molecule has 0 aliphatic rings. The third-order valence-corrected chi connectivity index (χ3v) is 6.64. The van der Waals surface area contributed by atoms with E-state index in [1.165, 1.54) is 18.4 Å². The van der Waals surface area contributed by atoms with E-state index >= 15 is 0 Å². The van der Waals surface area contributed by atoms with Crippen LogP contribution in [0.25, 0.3) is 0 Å². The predicted molar refractivity (Wildman–Crippen MR) is 110 cm³/mol. The molecular weight excluding hydrogens is 384 g/mol. The Kier molecular flexibility index (Phi) is 7.70. The highest BCUT2D eigenvalue weighted by Crippen LogP contribution is 2.23. The smallest absolute Gasteiger partial charge is 0.242 e. The van der Waals surface area contributed by atoms with Gasteiger partial charge in [-0.25, -0.2) is 12.7 Å². The molecule has 0 heterocycles. The molecular formula is C19H24N2O4S2. The van der Waals surface area contributed by atoms with Crippen molar-refractivity contribution in [2.24, 2.45) is 0 Å². The number of ether oxygens (including phenoxy) is 1. The van der Waals surface area contributed by atoms with E-state index in [4.69, 9.17) is 4.74 Å². The SMILES string of the molecule is COc1ccccc1NC(=O)CCSCc1cccc(S(=O)(=O)N(C)C)c1. The van der Waals surface area contributed by atoms with Crippen molar-refractivity contribution in [3.8, 4) is 5.75 Å². The van der Waals surface area contributed by atoms with E-state index in [9.17, 15) is 13.2 Å². The van der Waals surface area contributed by atoms with Crippen molar-refractivity contribution >= 4 is 33.4 Å². The molecule has 27 heavy (non-hydrogen) atoms. The lowest BCUT2D eigenvalue weighted by Gasteiger charge is -2.12. The number of hydrogen-bond donors (Lipinski definition) is 1. The highest BCUT2D eigenvalue weighted by molar-refractivity contribution is 7.98. The molecule has 8 heteroatoms. The fraction of sp³-hybridized carbons (Fsp3) is 0.316. The van der Waals surface area contributed by atoms with E-state index in [1.807, 2.05) is 18.2 Å². The summed E-state index contributed by atoms with van der Waals surface area (Å²) in [6, 6.07) is 14.1. The van der Waals surface area contributed by atoms with Crippen LogP contribution in [0, 0.1) is 0 Å². The standard InChI is InChI=1S/C19H24N2O4S2/c1-21(2)27(23,24)16-8-6-7-15(13-16)14-26-12-11-19(22)20-17-9-4-5-10-18(17)25-3/h4-10,13H,11-12,14H2,1-3H3,(H,20,22). The van der Waals surface area contributed by atoms with E-state index in [1.54, 1.807) is 49.2 Å². The van der Waals surface area contributed by atoms with Crippen molar-refractivity contribution in [1.29, 1.82) is 0 Å². The van der Waals surface area contributed by atoms with Crippen LogP contribution in [0.15, 0.2) is 53.4 Å². The number of amides is 1. The van der Waals surface area contributed by atoms with Crippen molar-refractivity contribution in [2.75, 3.05) is 32.3 Å². The zero-order chi connectivity index (χ0) is 19.9. The second-order valence-electron chi connectivity index (χ2n) is 5.99. The average molecular weight is 409 g/mol. The van der Waals surface area contributed by atoms with Crippen LogP contribution < -0.4 is 10.1 Å². The number of anilines is 1. The first-order valence-electron chi connectivity index (χ1n) is 8.36. The number of nitrogens with zero attached hydrogens (tertiary/aromatic N) is 1. The molecule has 146 valence electrons. The molecule has 0 aliphatic carbocycles. The minimum atomic E-state index is -3.44. The van der Waals surface area contributed by atoms with Crippen molar-refractivity contribution < 1.29 is 17.9 Å². The first-order chi connectivity index (χ1) is 12.8. The van der Waals surface area contributed by atoms with E-state index in [0.717, 1.165) is 5.56 Å². The van der Waals surface area contributed by atoms with E-state index < -0.39 is 10.0 Å². The summed E-state index contributed by atoms with van der Waals surface area (Å²) < 4.78 is 30.8. The maximum atomic E-state index is 12.2. The summed E-state index contributed by atoms with van der Waals surface area (Å²) in [5.41, 5.74) is 1.56. The number of thioether (sulfide) groups is 1. The highest BCUT2D eigenvalue weighted by Gasteiger charge is 2.17. The summed E-state index contributed by atoms with van der Waals surface area (Å²) in [6.45, 7) is 0. The fourth-order valence-electron chi connectivity index (χ4n) is 2.32. The van der Waals surface area contributed by atoms with Gasteiger partial charge in [0, 0.05) is 32.0 Å². The molecule has 0 saturated heterocycles. The molecule has 2 aromatic carbocycles. The minimum absolute atomic E-state index is 0.0871. The number of nitrogens with one attached hydrogen (secondary N) is 1. The quantitative estimate of drug-likeness (QED) is 0.645. The third-order valence-electron chi connectivity index (χ3n) is 3.80. The molecule has 0 bridgehead atoms. The first-order valence-corrected chi connectivity index (χ1v) is 11.0. The van der Waals surface area contributed by atoms with Crippen LogP contribution in [-0.4, -0.2) is 45.6 Å². The highest BCUT2D eigenvalue weighted by atomic mass is 32.2. The Labute approximate surface area is 165 Å². The Morgan fingerprint density at radius 3 is 2.59 bits per heavy atom. The van der Waals surface area contributed by atoms with Crippen LogP contribution in [0.4, 0.5) is 5.69 Å². The molecule has 0 atom stereocenters. The lowest BCUT2D eigenvalue weighted by atomic mass is 10.2. The van der Waals surface area contributed by atoms with Gasteiger partial charge in [-0.2, -0.15) is 11.8 Å². The second kappa shape index (κ2) is 9.77. The zero-order valence-corrected chi connectivity index (χ0v) is 17.3. The van der Waals surface area contributed by atoms with Gasteiger partial charge in [0.2, 0.25) is 15.9 Å². The van der Waals surface area contributed by atoms with E-state index in [0.29, 0.717) is 29.4 Å². The number of sulfonamides is 1. The van der Waals surface area contributed by atoms with Gasteiger partial charge in [0.25, 0.3) is 0 Å². The maximum Gasteiger partial charge on any atom is 0.242 e. The minimum Gasteiger partial charge on any atom is -0.495 e. The van der Waals surface area contributed by atoms with Gasteiger partial charge in [-0.3, -0.25) is 4.79 Å². The second-order valence-corrected chi connectivity index (χ2v) is 9.24. The number of rotatable bonds is 9. The summed E-state index contributed by atoms with van der Waals surface area (Å²) in [5.74, 6) is 1.80. The number of methoxy groups -OCH3 is 1. The average Bonchev–Trinajstić information content (AvgIpc) is 2.66. The topological polar surface area (TPSA) is 75.7 Å². The summed E-state index contributed by atoms with van der Waals surface area (Å²) in [4.78, 5) is 12.4. The summed E-state index contributed by atoms with van der Waals surface area (Å²) in [7, 11) is 1.15. The largest absolute Gasteiger partial charge is 0.495 e. The van der Waals surface area contributed by atoms with Gasteiger partial charge in [-0.1, -0.05) is 24.3 Å². The van der Waals surface area contributed by atoms with Gasteiger partial charge in [0.1, 0.15) is 5.75 Å². The van der Waals surface area contributed by atoms with Crippen LogP contribution in [0.3, 0.4) is 0 Å². The number of carbonyl (C=O) groups is 1. The summed E-state index contributed by atoms with van der Waals surface area (Å²) in [5, 5.41) is 2.84. The molecule has 6 nitrogen and oxygen atoms in total. The van der Waals surface area contributed by atoms with Crippen molar-refractivity contribution in [1.82, 2.24) is 4.31 Å². The molecule has 0 aliphatic heterocycles. The molecule has 1 N–H and O–H groups in total. The van der Waals surface area contributed by atoms with E-state index in [-0.39, 0.29) is 10.8 Å². The summed E-state index contributed by atoms with van der Waals surface area (Å²) >= 11 is 1.58. The van der Waals surface area contributed by atoms with Crippen molar-refractivity contribution in [3.63, 3.8) is 0 Å². The fourth-order valence-corrected chi connectivity index (χ4v) is 4.18. The maximum absolute atomic E-state index is 12.2. The molecule has 0 aromatic heterocycles. The van der Waals surface area contributed by atoms with Crippen LogP contribution in [0.5, 0.6) is 5.75 Å². The lowest BCUT2D eigenvalue weighted by Crippen LogP contribution is -2.22. The normalized spacial score (nSPS) is 11.4. The van der Waals surface area contributed by atoms with Gasteiger partial charge in [-0.15, -0.1) is 0 Å². The summed E-state index contributed by atoms with van der Waals surface area (Å²) in [6.07, 6.45) is 0.360. The van der Waals surface area contributed by atoms with Crippen LogP contribution in [-0.2, 0) is 20.6 Å². The Morgan fingerprint density at radius 1 is 1.15 bits per heavy atom. The molecule has 0 unspecified atom stereocenters. The Balaban J connectivity index is 1.84. The number of hydrogen-bond acceptors (Lipinski definition) is 5. The van der Waals surface area contributed by atoms with Gasteiger partial charge < -0.3 is 10.1 Å². The lowest BCUT2D eigenvalue weighted by molar-refractivity contribution is -0.115. The Morgan fingerprint density at radius 2 is 1.89 bits per heavy atom. The zero-order valence-electron chi connectivity index (χ0n) is 15.6. The van der Waals surface area contributed by atoms with Gasteiger partial charge >= 0.3 is 0 Å². The number of para-hydroxylation sites is 2. The predicted octanol–water partition coefficient (Wildman–Crippen LogP) is 3.21. The number of benzene rings is 2. The Bertz CT molecular complexity index is 883. The number of carbonyl (C=O) groups excluding carboxylic acids is 1. The molecule has 2 rings (SSSR count). The Hall–Kier alpha value is -2.03. The monoisotopic (exact) mass is 408 g/mol. The van der Waals surface area contributed by atoms with Crippen LogP contribution in [0.1, 0.15) is 12.0 Å². The van der Waals surface area contributed by atoms with Gasteiger partial charge in [-0.05, 0) is 29.8 Å². The van der Waals surface area contributed by atoms with Crippen LogP contribution >= 0.6 is 11.8 Å². The van der Waals surface area contributed by atoms with Gasteiger partial charge in [0.05, 0.1) is 17.7 Å². The first kappa shape index (κ1) is 21.3. The molecule has 0 radical (unpaired) electrons. The van der Waals surface area contributed by atoms with E-state index in [2.05, 4.69) is 5.32 Å². The molecule has 0 spiro atoms. The van der Waals surface area contributed by atoms with Crippen LogP contribution in [0.2, 0.25) is 0 Å². The van der Waals surface area contributed by atoms with Gasteiger partial charge in [0.15, 0.2) is 0 Å².